The maximum atomic E-state index is 13.4. The topological polar surface area (TPSA) is 49.4 Å². The number of hydrogen-bond acceptors (Lipinski definition) is 3. The third-order valence-electron chi connectivity index (χ3n) is 3.09. The minimum atomic E-state index is -0.357. The van der Waals surface area contributed by atoms with Gasteiger partial charge < -0.3 is 5.32 Å². The van der Waals surface area contributed by atoms with Gasteiger partial charge in [-0.1, -0.05) is 18.2 Å². The van der Waals surface area contributed by atoms with Crippen molar-refractivity contribution < 1.29 is 14.0 Å². The molecular formula is C14H17FN2O2. The molecule has 102 valence electrons. The van der Waals surface area contributed by atoms with E-state index in [1.807, 2.05) is 4.90 Å². The van der Waals surface area contributed by atoms with Crippen molar-refractivity contribution in [3.63, 3.8) is 0 Å². The number of hydrogen-bond donors (Lipinski definition) is 1. The summed E-state index contributed by atoms with van der Waals surface area (Å²) in [5.41, 5.74) is 0.409. The van der Waals surface area contributed by atoms with Crippen LogP contribution in [0.25, 0.3) is 0 Å². The molecule has 0 saturated carbocycles. The zero-order valence-electron chi connectivity index (χ0n) is 10.7. The molecule has 1 fully saturated rings. The number of amides is 1. The van der Waals surface area contributed by atoms with Crippen molar-refractivity contribution in [2.45, 2.75) is 12.8 Å². The summed E-state index contributed by atoms with van der Waals surface area (Å²) in [6.07, 6.45) is 0.906. The van der Waals surface area contributed by atoms with Crippen LogP contribution < -0.4 is 5.32 Å². The Kier molecular flexibility index (Phi) is 4.63. The van der Waals surface area contributed by atoms with E-state index >= 15 is 0 Å². The quantitative estimate of drug-likeness (QED) is 0.873. The molecule has 0 bridgehead atoms. The van der Waals surface area contributed by atoms with Crippen LogP contribution in [-0.2, 0) is 16.0 Å². The second-order valence-electron chi connectivity index (χ2n) is 4.72. The first-order chi connectivity index (χ1) is 9.15. The van der Waals surface area contributed by atoms with Crippen molar-refractivity contribution >= 4 is 11.7 Å². The third kappa shape index (κ3) is 4.13. The minimum Gasteiger partial charge on any atom is -0.355 e. The van der Waals surface area contributed by atoms with E-state index in [1.54, 1.807) is 18.2 Å². The molecule has 1 aromatic carbocycles. The van der Waals surface area contributed by atoms with Crippen molar-refractivity contribution in [3.8, 4) is 0 Å². The van der Waals surface area contributed by atoms with Gasteiger partial charge in [0.2, 0.25) is 5.91 Å². The molecule has 0 aromatic heterocycles. The Morgan fingerprint density at radius 3 is 2.95 bits per heavy atom. The molecular weight excluding hydrogens is 247 g/mol. The Balaban J connectivity index is 1.90. The summed E-state index contributed by atoms with van der Waals surface area (Å²) in [4.78, 5) is 25.1. The number of nitrogens with one attached hydrogen (secondary N) is 1. The normalized spacial score (nSPS) is 16.8. The Labute approximate surface area is 111 Å². The van der Waals surface area contributed by atoms with E-state index in [-0.39, 0.29) is 37.0 Å². The molecule has 0 aliphatic carbocycles. The summed E-state index contributed by atoms with van der Waals surface area (Å²) in [6, 6.07) is 6.28. The number of halogens is 1. The Morgan fingerprint density at radius 2 is 2.16 bits per heavy atom. The highest BCUT2D eigenvalue weighted by molar-refractivity contribution is 5.84. The van der Waals surface area contributed by atoms with Gasteiger partial charge >= 0.3 is 0 Å². The van der Waals surface area contributed by atoms with Gasteiger partial charge in [0.25, 0.3) is 0 Å². The average Bonchev–Trinajstić information content (AvgIpc) is 2.56. The predicted molar refractivity (Wildman–Crippen MR) is 69.2 cm³/mol. The van der Waals surface area contributed by atoms with E-state index in [1.165, 1.54) is 6.07 Å². The third-order valence-corrected chi connectivity index (χ3v) is 3.09. The molecule has 0 unspecified atom stereocenters. The van der Waals surface area contributed by atoms with Crippen LogP contribution >= 0.6 is 0 Å². The van der Waals surface area contributed by atoms with Gasteiger partial charge in [-0.05, 0) is 18.1 Å². The number of carbonyl (C=O) groups is 2. The van der Waals surface area contributed by atoms with E-state index in [0.717, 1.165) is 6.42 Å². The molecule has 1 heterocycles. The molecule has 0 radical (unpaired) electrons. The molecule has 1 aliphatic rings. The zero-order valence-corrected chi connectivity index (χ0v) is 10.7. The molecule has 1 aromatic rings. The van der Waals surface area contributed by atoms with Gasteiger partial charge in [0, 0.05) is 19.5 Å². The molecule has 1 saturated heterocycles. The van der Waals surface area contributed by atoms with Gasteiger partial charge in [-0.15, -0.1) is 0 Å². The number of carbonyl (C=O) groups excluding carboxylic acids is 2. The van der Waals surface area contributed by atoms with Crippen LogP contribution in [0.2, 0.25) is 0 Å². The van der Waals surface area contributed by atoms with Gasteiger partial charge in [0.15, 0.2) is 5.78 Å². The second kappa shape index (κ2) is 6.43. The predicted octanol–water partition coefficient (Wildman–Crippen LogP) is 0.759. The number of ketones is 1. The fourth-order valence-electron chi connectivity index (χ4n) is 2.16. The van der Waals surface area contributed by atoms with Gasteiger partial charge in [-0.25, -0.2) is 4.39 Å². The highest BCUT2D eigenvalue weighted by atomic mass is 19.1. The highest BCUT2D eigenvalue weighted by Gasteiger charge is 2.17. The molecule has 1 amide bonds. The van der Waals surface area contributed by atoms with Crippen molar-refractivity contribution in [2.75, 3.05) is 26.2 Å². The highest BCUT2D eigenvalue weighted by Crippen LogP contribution is 2.08. The SMILES string of the molecule is O=C(Cc1ccccc1F)CN1CCCNC(=O)C1. The Hall–Kier alpha value is -1.75. The first kappa shape index (κ1) is 13.7. The number of benzene rings is 1. The number of rotatable bonds is 4. The van der Waals surface area contributed by atoms with Crippen LogP contribution in [0.3, 0.4) is 0 Å². The van der Waals surface area contributed by atoms with Crippen LogP contribution in [0, 0.1) is 5.82 Å². The standard InChI is InChI=1S/C14H17FN2O2/c15-13-5-2-1-4-11(13)8-12(18)9-17-7-3-6-16-14(19)10-17/h1-2,4-5H,3,6-10H2,(H,16,19). The summed E-state index contributed by atoms with van der Waals surface area (Å²) in [7, 11) is 0. The summed E-state index contributed by atoms with van der Waals surface area (Å²) < 4.78 is 13.4. The van der Waals surface area contributed by atoms with E-state index in [4.69, 9.17) is 0 Å². The summed E-state index contributed by atoms with van der Waals surface area (Å²) in [5.74, 6) is -0.486. The molecule has 0 atom stereocenters. The zero-order chi connectivity index (χ0) is 13.7. The van der Waals surface area contributed by atoms with Crippen LogP contribution in [0.5, 0.6) is 0 Å². The Bertz CT molecular complexity index is 476. The fraction of sp³-hybridized carbons (Fsp3) is 0.429. The van der Waals surface area contributed by atoms with Crippen LogP contribution in [0.15, 0.2) is 24.3 Å². The lowest BCUT2D eigenvalue weighted by molar-refractivity contribution is -0.123. The fourth-order valence-corrected chi connectivity index (χ4v) is 2.16. The molecule has 1 N–H and O–H groups in total. The van der Waals surface area contributed by atoms with Gasteiger partial charge in [-0.3, -0.25) is 14.5 Å². The molecule has 1 aliphatic heterocycles. The largest absolute Gasteiger partial charge is 0.355 e. The van der Waals surface area contributed by atoms with Crippen LogP contribution in [-0.4, -0.2) is 42.8 Å². The van der Waals surface area contributed by atoms with Crippen molar-refractivity contribution in [3.05, 3.63) is 35.6 Å². The first-order valence-electron chi connectivity index (χ1n) is 6.39. The molecule has 5 heteroatoms. The first-order valence-corrected chi connectivity index (χ1v) is 6.39. The van der Waals surface area contributed by atoms with Crippen molar-refractivity contribution in [1.82, 2.24) is 10.2 Å². The lowest BCUT2D eigenvalue weighted by Crippen LogP contribution is -2.36. The smallest absolute Gasteiger partial charge is 0.234 e. The van der Waals surface area contributed by atoms with Crippen molar-refractivity contribution in [2.24, 2.45) is 0 Å². The van der Waals surface area contributed by atoms with Crippen LogP contribution in [0.1, 0.15) is 12.0 Å². The molecule has 2 rings (SSSR count). The van der Waals surface area contributed by atoms with Gasteiger partial charge in [-0.2, -0.15) is 0 Å². The molecule has 0 spiro atoms. The molecule has 4 nitrogen and oxygen atoms in total. The van der Waals surface area contributed by atoms with E-state index in [2.05, 4.69) is 5.32 Å². The second-order valence-corrected chi connectivity index (χ2v) is 4.72. The number of nitrogens with zero attached hydrogens (tertiary/aromatic N) is 1. The lowest BCUT2D eigenvalue weighted by Gasteiger charge is -2.17. The van der Waals surface area contributed by atoms with Gasteiger partial charge in [0.05, 0.1) is 13.1 Å². The number of Topliss-reactive ketones (excluding diaryl/α,β-unsaturated/α-hetero) is 1. The monoisotopic (exact) mass is 264 g/mol. The van der Waals surface area contributed by atoms with Crippen molar-refractivity contribution in [1.29, 1.82) is 0 Å². The average molecular weight is 264 g/mol. The van der Waals surface area contributed by atoms with Crippen LogP contribution in [0.4, 0.5) is 4.39 Å². The molecule has 19 heavy (non-hydrogen) atoms. The summed E-state index contributed by atoms with van der Waals surface area (Å²) >= 11 is 0. The lowest BCUT2D eigenvalue weighted by atomic mass is 10.1. The van der Waals surface area contributed by atoms with Gasteiger partial charge in [0.1, 0.15) is 5.82 Å². The summed E-state index contributed by atoms with van der Waals surface area (Å²) in [5, 5.41) is 2.75. The maximum Gasteiger partial charge on any atom is 0.234 e. The van der Waals surface area contributed by atoms with E-state index in [9.17, 15) is 14.0 Å². The maximum absolute atomic E-state index is 13.4. The summed E-state index contributed by atoms with van der Waals surface area (Å²) in [6.45, 7) is 1.79. The van der Waals surface area contributed by atoms with E-state index < -0.39 is 0 Å². The van der Waals surface area contributed by atoms with E-state index in [0.29, 0.717) is 18.7 Å². The minimum absolute atomic E-state index is 0.0591. The Morgan fingerprint density at radius 1 is 1.37 bits per heavy atom.